The first-order valence-electron chi connectivity index (χ1n) is 18.4. The molecule has 15 heteroatoms. The van der Waals surface area contributed by atoms with Crippen LogP contribution < -0.4 is 26.0 Å². The van der Waals surface area contributed by atoms with Crippen LogP contribution in [0.15, 0.2) is 53.0 Å². The largest absolute Gasteiger partial charge is 0.494 e. The Morgan fingerprint density at radius 3 is 2.58 bits per heavy atom. The zero-order valence-electron chi connectivity index (χ0n) is 30.3. The fraction of sp³-hybridized carbons (Fsp3) is 0.474. The molecule has 0 bridgehead atoms. The molecule has 2 aromatic carbocycles. The van der Waals surface area contributed by atoms with E-state index in [-0.39, 0.29) is 23.9 Å². The molecule has 14 nitrogen and oxygen atoms in total. The first kappa shape index (κ1) is 35.0. The molecule has 1 unspecified atom stereocenters. The van der Waals surface area contributed by atoms with E-state index in [2.05, 4.69) is 49.4 Å². The van der Waals surface area contributed by atoms with Gasteiger partial charge in [0.1, 0.15) is 16.7 Å². The topological polar surface area (TPSA) is 149 Å². The van der Waals surface area contributed by atoms with Crippen LogP contribution in [0.5, 0.6) is 5.75 Å². The van der Waals surface area contributed by atoms with E-state index < -0.39 is 11.9 Å². The number of amides is 3. The lowest BCUT2D eigenvalue weighted by Crippen LogP contribution is -2.45. The number of carbonyl (C=O) groups excluding carboxylic acids is 3. The van der Waals surface area contributed by atoms with Crippen molar-refractivity contribution in [3.05, 3.63) is 63.6 Å². The van der Waals surface area contributed by atoms with E-state index in [1.165, 1.54) is 11.3 Å². The molecule has 0 spiro atoms. The van der Waals surface area contributed by atoms with Gasteiger partial charge in [-0.25, -0.2) is 4.79 Å². The summed E-state index contributed by atoms with van der Waals surface area (Å²) in [5.74, 6) is 0.280. The quantitative estimate of drug-likeness (QED) is 0.205. The van der Waals surface area contributed by atoms with Crippen LogP contribution in [0, 0.1) is 5.92 Å². The number of aryl methyl sites for hydroxylation is 1. The van der Waals surface area contributed by atoms with E-state index in [1.807, 2.05) is 24.3 Å². The minimum Gasteiger partial charge on any atom is -0.494 e. The van der Waals surface area contributed by atoms with E-state index in [0.717, 1.165) is 85.8 Å². The third-order valence-corrected chi connectivity index (χ3v) is 12.3. The van der Waals surface area contributed by atoms with Gasteiger partial charge in [0, 0.05) is 56.8 Å². The average Bonchev–Trinajstić information content (AvgIpc) is 3.91. The van der Waals surface area contributed by atoms with Gasteiger partial charge in [0.05, 0.1) is 52.8 Å². The predicted octanol–water partition coefficient (Wildman–Crippen LogP) is 4.72. The molecule has 1 atom stereocenters. The number of ether oxygens (including phenoxy) is 1. The number of fused-ring (bicyclic) bond motifs is 2. The van der Waals surface area contributed by atoms with Crippen LogP contribution >= 0.6 is 11.3 Å². The Balaban J connectivity index is 0.869. The van der Waals surface area contributed by atoms with Crippen LogP contribution in [0.3, 0.4) is 0 Å². The zero-order chi connectivity index (χ0) is 36.8. The SMILES string of the molecule is COc1cc2nn(C3CCC(CN(C)C4CCN(c5cccc6c5n(C)c(=O)n6C5CCC(=O)NC5=O)CC4)CC3)cc2cc1NC(=O)c1cncs1. The molecular weight excluding hydrogens is 695 g/mol. The number of methoxy groups -OCH3 is 1. The molecule has 3 fully saturated rings. The number of rotatable bonds is 9. The molecular formula is C38H45N9O5S. The van der Waals surface area contributed by atoms with E-state index >= 15 is 0 Å². The first-order chi connectivity index (χ1) is 25.7. The highest BCUT2D eigenvalue weighted by molar-refractivity contribution is 7.11. The molecule has 5 aromatic rings. The number of hydrogen-bond donors (Lipinski definition) is 2. The van der Waals surface area contributed by atoms with Crippen LogP contribution in [0.25, 0.3) is 21.9 Å². The number of benzene rings is 2. The number of nitrogens with zero attached hydrogens (tertiary/aromatic N) is 7. The van der Waals surface area contributed by atoms with Gasteiger partial charge in [-0.15, -0.1) is 11.3 Å². The Morgan fingerprint density at radius 1 is 1.08 bits per heavy atom. The maximum absolute atomic E-state index is 13.4. The van der Waals surface area contributed by atoms with Gasteiger partial charge in [0.25, 0.3) is 5.91 Å². The average molecular weight is 740 g/mol. The number of thiazole rings is 1. The lowest BCUT2D eigenvalue weighted by molar-refractivity contribution is -0.135. The molecule has 53 heavy (non-hydrogen) atoms. The van der Waals surface area contributed by atoms with Gasteiger partial charge in [0.2, 0.25) is 11.8 Å². The van der Waals surface area contributed by atoms with Gasteiger partial charge in [-0.3, -0.25) is 38.5 Å². The molecule has 2 saturated heterocycles. The van der Waals surface area contributed by atoms with Crippen molar-refractivity contribution in [3.63, 3.8) is 0 Å². The molecule has 2 aliphatic heterocycles. The summed E-state index contributed by atoms with van der Waals surface area (Å²) in [4.78, 5) is 60.1. The number of nitrogens with one attached hydrogen (secondary N) is 2. The van der Waals surface area contributed by atoms with Gasteiger partial charge in [-0.2, -0.15) is 5.10 Å². The molecule has 8 rings (SSSR count). The minimum absolute atomic E-state index is 0.212. The number of imidazole rings is 1. The lowest BCUT2D eigenvalue weighted by Gasteiger charge is -2.40. The molecule has 3 aliphatic rings. The highest BCUT2D eigenvalue weighted by atomic mass is 32.1. The van der Waals surface area contributed by atoms with E-state index in [9.17, 15) is 19.2 Å². The molecule has 3 aromatic heterocycles. The van der Waals surface area contributed by atoms with E-state index in [4.69, 9.17) is 9.84 Å². The van der Waals surface area contributed by atoms with Gasteiger partial charge in [-0.05, 0) is 76.1 Å². The number of piperidine rings is 2. The number of para-hydroxylation sites is 1. The first-order valence-corrected chi connectivity index (χ1v) is 19.3. The van der Waals surface area contributed by atoms with Gasteiger partial charge >= 0.3 is 5.69 Å². The van der Waals surface area contributed by atoms with Gasteiger partial charge < -0.3 is 19.9 Å². The standard InChI is InChI=1S/C38H45N9O5S/c1-43(25-13-15-45(16-14-25)29-5-4-6-30-35(29)44(2)38(51)47(30)31-11-12-34(48)41-36(31)49)20-23-7-9-26(10-8-23)46-21-24-17-28(32(52-3)18-27(24)42-46)40-37(50)33-19-39-22-53-33/h4-6,17-19,21-23,25-26,31H,7-16,20H2,1-3H3,(H,40,50)(H,41,48,49). The number of hydrogen-bond acceptors (Lipinski definition) is 10. The Labute approximate surface area is 310 Å². The number of anilines is 2. The van der Waals surface area contributed by atoms with Gasteiger partial charge in [-0.1, -0.05) is 6.07 Å². The minimum atomic E-state index is -0.694. The second-order valence-corrected chi connectivity index (χ2v) is 15.6. The zero-order valence-corrected chi connectivity index (χ0v) is 31.1. The van der Waals surface area contributed by atoms with Crippen LogP contribution in [0.2, 0.25) is 0 Å². The van der Waals surface area contributed by atoms with Crippen molar-refractivity contribution < 1.29 is 19.1 Å². The highest BCUT2D eigenvalue weighted by Crippen LogP contribution is 2.37. The number of carbonyl (C=O) groups is 3. The van der Waals surface area contributed by atoms with Crippen LogP contribution in [0.4, 0.5) is 11.4 Å². The Bertz CT molecular complexity index is 2230. The van der Waals surface area contributed by atoms with Crippen LogP contribution in [-0.4, -0.2) is 86.4 Å². The summed E-state index contributed by atoms with van der Waals surface area (Å²) in [6, 6.07) is 9.86. The fourth-order valence-corrected chi connectivity index (χ4v) is 9.15. The fourth-order valence-electron chi connectivity index (χ4n) is 8.64. The Hall–Kier alpha value is -5.02. The Morgan fingerprint density at radius 2 is 1.87 bits per heavy atom. The summed E-state index contributed by atoms with van der Waals surface area (Å²) in [6.45, 7) is 2.83. The van der Waals surface area contributed by atoms with E-state index in [0.29, 0.717) is 40.7 Å². The predicted molar refractivity (Wildman–Crippen MR) is 204 cm³/mol. The van der Waals surface area contributed by atoms with Crippen molar-refractivity contribution in [2.75, 3.05) is 44.0 Å². The number of aromatic nitrogens is 5. The lowest BCUT2D eigenvalue weighted by atomic mass is 9.85. The molecule has 5 heterocycles. The van der Waals surface area contributed by atoms with Crippen molar-refractivity contribution >= 4 is 62.4 Å². The van der Waals surface area contributed by atoms with Crippen molar-refractivity contribution in [2.45, 2.75) is 69.5 Å². The summed E-state index contributed by atoms with van der Waals surface area (Å²) in [5, 5.41) is 11.2. The molecule has 1 saturated carbocycles. The molecule has 2 N–H and O–H groups in total. The van der Waals surface area contributed by atoms with Crippen molar-refractivity contribution in [1.82, 2.24) is 34.1 Å². The smallest absolute Gasteiger partial charge is 0.329 e. The molecule has 3 amide bonds. The maximum atomic E-state index is 13.4. The normalized spacial score (nSPS) is 21.4. The summed E-state index contributed by atoms with van der Waals surface area (Å²) < 4.78 is 10.9. The summed E-state index contributed by atoms with van der Waals surface area (Å²) in [7, 11) is 5.62. The third-order valence-electron chi connectivity index (χ3n) is 11.5. The molecule has 278 valence electrons. The molecule has 0 radical (unpaired) electrons. The van der Waals surface area contributed by atoms with Crippen molar-refractivity contribution in [1.29, 1.82) is 0 Å². The second-order valence-electron chi connectivity index (χ2n) is 14.7. The summed E-state index contributed by atoms with van der Waals surface area (Å²) >= 11 is 1.29. The third kappa shape index (κ3) is 6.71. The summed E-state index contributed by atoms with van der Waals surface area (Å²) in [6.07, 6.45) is 10.7. The Kier molecular flexibility index (Phi) is 9.53. The van der Waals surface area contributed by atoms with Crippen molar-refractivity contribution in [3.8, 4) is 5.75 Å². The number of imide groups is 1. The maximum Gasteiger partial charge on any atom is 0.329 e. The van der Waals surface area contributed by atoms with Gasteiger partial charge in [0.15, 0.2) is 0 Å². The molecule has 1 aliphatic carbocycles. The van der Waals surface area contributed by atoms with Crippen molar-refractivity contribution in [2.24, 2.45) is 13.0 Å². The van der Waals surface area contributed by atoms with E-state index in [1.54, 1.807) is 35.0 Å². The highest BCUT2D eigenvalue weighted by Gasteiger charge is 2.33. The van der Waals surface area contributed by atoms with Crippen LogP contribution in [-0.2, 0) is 16.6 Å². The monoisotopic (exact) mass is 739 g/mol. The van der Waals surface area contributed by atoms with Crippen LogP contribution in [0.1, 0.15) is 73.1 Å². The summed E-state index contributed by atoms with van der Waals surface area (Å²) in [5.41, 5.74) is 5.42. The second kappa shape index (κ2) is 14.4.